The number of aliphatic hydroxyl groups is 1. The summed E-state index contributed by atoms with van der Waals surface area (Å²) in [4.78, 5) is 3.45. The van der Waals surface area contributed by atoms with Gasteiger partial charge in [-0.25, -0.2) is 0 Å². The van der Waals surface area contributed by atoms with Gasteiger partial charge in [-0.1, -0.05) is 43.0 Å². The van der Waals surface area contributed by atoms with E-state index in [4.69, 9.17) is 0 Å². The van der Waals surface area contributed by atoms with E-state index in [0.29, 0.717) is 0 Å². The largest absolute Gasteiger partial charge is 0.508 e. The van der Waals surface area contributed by atoms with Gasteiger partial charge in [0.15, 0.2) is 0 Å². The van der Waals surface area contributed by atoms with E-state index < -0.39 is 11.6 Å². The minimum atomic E-state index is -0.570. The van der Waals surface area contributed by atoms with Crippen molar-refractivity contribution in [1.29, 1.82) is 0 Å². The molecule has 1 unspecified atom stereocenters. The normalized spacial score (nSPS) is 18.6. The Morgan fingerprint density at radius 2 is 1.71 bits per heavy atom. The summed E-state index contributed by atoms with van der Waals surface area (Å²) >= 11 is 0. The van der Waals surface area contributed by atoms with Crippen LogP contribution in [0.2, 0.25) is 0 Å². The standard InChI is InChI=1S/C30H30N2O2/c1-17-14-25(24-11-7-10-22-18(2)16-31-28(22)24)23(13-12-20-8-6-9-21(33)15-20)26-19(3)29(34)30(4,5)32-27(17)26/h6-11,14-16,19,29,31-34H,1-5H3/t19-,29?/m0/s1. The van der Waals surface area contributed by atoms with Gasteiger partial charge in [-0.3, -0.25) is 0 Å². The highest BCUT2D eigenvalue weighted by molar-refractivity contribution is 5.98. The number of para-hydroxylation sites is 1. The molecular weight excluding hydrogens is 420 g/mol. The number of phenolic OH excluding ortho intramolecular Hbond substituents is 1. The molecule has 0 fully saturated rings. The molecule has 0 radical (unpaired) electrons. The Balaban J connectivity index is 1.83. The number of aromatic amines is 1. The van der Waals surface area contributed by atoms with Crippen LogP contribution in [0.15, 0.2) is 54.7 Å². The van der Waals surface area contributed by atoms with E-state index in [1.807, 2.05) is 26.1 Å². The van der Waals surface area contributed by atoms with Crippen molar-refractivity contribution in [3.8, 4) is 28.7 Å². The van der Waals surface area contributed by atoms with Gasteiger partial charge in [0, 0.05) is 45.4 Å². The number of hydrogen-bond acceptors (Lipinski definition) is 3. The van der Waals surface area contributed by atoms with Gasteiger partial charge in [0.05, 0.1) is 17.2 Å². The van der Waals surface area contributed by atoms with E-state index >= 15 is 0 Å². The van der Waals surface area contributed by atoms with Gasteiger partial charge in [-0.15, -0.1) is 0 Å². The summed E-state index contributed by atoms with van der Waals surface area (Å²) in [6, 6.07) is 15.5. The smallest absolute Gasteiger partial charge is 0.116 e. The minimum absolute atomic E-state index is 0.108. The number of phenols is 1. The second-order valence-electron chi connectivity index (χ2n) is 9.99. The first-order valence-corrected chi connectivity index (χ1v) is 11.7. The average Bonchev–Trinajstić information content (AvgIpc) is 3.18. The van der Waals surface area contributed by atoms with Gasteiger partial charge < -0.3 is 20.5 Å². The van der Waals surface area contributed by atoms with Crippen LogP contribution in [0.1, 0.15) is 54.5 Å². The first-order chi connectivity index (χ1) is 16.2. The minimum Gasteiger partial charge on any atom is -0.508 e. The van der Waals surface area contributed by atoms with Crippen LogP contribution in [0, 0.1) is 25.7 Å². The fourth-order valence-corrected chi connectivity index (χ4v) is 5.23. The van der Waals surface area contributed by atoms with E-state index in [1.54, 1.807) is 18.2 Å². The molecule has 4 aromatic rings. The molecule has 0 spiro atoms. The lowest BCUT2D eigenvalue weighted by Crippen LogP contribution is -2.50. The molecule has 1 aliphatic heterocycles. The lowest BCUT2D eigenvalue weighted by Gasteiger charge is -2.43. The molecule has 1 aliphatic rings. The topological polar surface area (TPSA) is 68.3 Å². The van der Waals surface area contributed by atoms with Gasteiger partial charge in [0.1, 0.15) is 5.75 Å². The van der Waals surface area contributed by atoms with Crippen LogP contribution >= 0.6 is 0 Å². The van der Waals surface area contributed by atoms with Crippen LogP contribution in [0.25, 0.3) is 22.0 Å². The molecule has 172 valence electrons. The third-order valence-electron chi connectivity index (χ3n) is 7.07. The number of rotatable bonds is 1. The Kier molecular flexibility index (Phi) is 5.19. The molecule has 4 N–H and O–H groups in total. The first-order valence-electron chi connectivity index (χ1n) is 11.7. The molecule has 4 nitrogen and oxygen atoms in total. The number of H-pyrrole nitrogens is 1. The van der Waals surface area contributed by atoms with Crippen LogP contribution in [-0.2, 0) is 0 Å². The van der Waals surface area contributed by atoms with E-state index in [9.17, 15) is 10.2 Å². The maximum absolute atomic E-state index is 11.2. The SMILES string of the molecule is Cc1cc(-c2cccc3c(C)c[nH]c23)c(C#Cc2cccc(O)c2)c2c1NC(C)(C)C(O)[C@H]2C. The average molecular weight is 451 g/mol. The maximum Gasteiger partial charge on any atom is 0.116 e. The summed E-state index contributed by atoms with van der Waals surface area (Å²) in [7, 11) is 0. The number of aryl methyl sites for hydroxylation is 2. The summed E-state index contributed by atoms with van der Waals surface area (Å²) in [5.41, 5.74) is 8.80. The fraction of sp³-hybridized carbons (Fsp3) is 0.267. The van der Waals surface area contributed by atoms with Crippen molar-refractivity contribution in [2.24, 2.45) is 0 Å². The van der Waals surface area contributed by atoms with Crippen LogP contribution in [0.5, 0.6) is 5.75 Å². The Morgan fingerprint density at radius 3 is 2.47 bits per heavy atom. The first kappa shape index (κ1) is 22.1. The molecule has 0 amide bonds. The lowest BCUT2D eigenvalue weighted by molar-refractivity contribution is 0.0868. The molecule has 0 saturated heterocycles. The highest BCUT2D eigenvalue weighted by Crippen LogP contribution is 2.46. The highest BCUT2D eigenvalue weighted by atomic mass is 16.3. The second kappa shape index (κ2) is 7.97. The quantitative estimate of drug-likeness (QED) is 0.260. The summed E-state index contributed by atoms with van der Waals surface area (Å²) < 4.78 is 0. The van der Waals surface area contributed by atoms with Gasteiger partial charge >= 0.3 is 0 Å². The molecule has 0 bridgehead atoms. The summed E-state index contributed by atoms with van der Waals surface area (Å²) in [5, 5.41) is 25.9. The molecule has 34 heavy (non-hydrogen) atoms. The van der Waals surface area contributed by atoms with Crippen LogP contribution in [-0.4, -0.2) is 26.8 Å². The van der Waals surface area contributed by atoms with Crippen molar-refractivity contribution < 1.29 is 10.2 Å². The lowest BCUT2D eigenvalue weighted by atomic mass is 9.75. The summed E-state index contributed by atoms with van der Waals surface area (Å²) in [5.74, 6) is 6.78. The molecule has 4 heteroatoms. The Morgan fingerprint density at radius 1 is 0.941 bits per heavy atom. The van der Waals surface area contributed by atoms with E-state index in [1.165, 1.54) is 10.9 Å². The molecule has 2 heterocycles. The number of benzene rings is 3. The molecular formula is C30H30N2O2. The monoisotopic (exact) mass is 450 g/mol. The van der Waals surface area contributed by atoms with Gasteiger partial charge in [-0.05, 0) is 68.7 Å². The molecule has 0 saturated carbocycles. The summed E-state index contributed by atoms with van der Waals surface area (Å²) in [6.07, 6.45) is 1.47. The number of aromatic nitrogens is 1. The predicted molar refractivity (Wildman–Crippen MR) is 139 cm³/mol. The van der Waals surface area contributed by atoms with E-state index in [0.717, 1.165) is 44.6 Å². The molecule has 0 aliphatic carbocycles. The van der Waals surface area contributed by atoms with E-state index in [2.05, 4.69) is 67.2 Å². The van der Waals surface area contributed by atoms with Crippen molar-refractivity contribution in [1.82, 2.24) is 4.98 Å². The number of nitrogens with one attached hydrogen (secondary N) is 2. The van der Waals surface area contributed by atoms with Crippen LogP contribution < -0.4 is 5.32 Å². The van der Waals surface area contributed by atoms with Crippen LogP contribution in [0.3, 0.4) is 0 Å². The van der Waals surface area contributed by atoms with Crippen LogP contribution in [0.4, 0.5) is 5.69 Å². The highest BCUT2D eigenvalue weighted by Gasteiger charge is 2.40. The fourth-order valence-electron chi connectivity index (χ4n) is 5.23. The van der Waals surface area contributed by atoms with Gasteiger partial charge in [0.25, 0.3) is 0 Å². The number of aromatic hydroxyl groups is 1. The molecule has 3 aromatic carbocycles. The third kappa shape index (κ3) is 3.54. The van der Waals surface area contributed by atoms with Crippen molar-refractivity contribution in [2.75, 3.05) is 5.32 Å². The van der Waals surface area contributed by atoms with E-state index in [-0.39, 0.29) is 11.7 Å². The zero-order valence-corrected chi connectivity index (χ0v) is 20.2. The Bertz CT molecular complexity index is 1480. The zero-order chi connectivity index (χ0) is 24.2. The number of aliphatic hydroxyl groups excluding tert-OH is 1. The molecule has 2 atom stereocenters. The van der Waals surface area contributed by atoms with Crippen molar-refractivity contribution in [3.05, 3.63) is 82.5 Å². The third-order valence-corrected chi connectivity index (χ3v) is 7.07. The Labute approximate surface area is 200 Å². The van der Waals surface area contributed by atoms with Crippen molar-refractivity contribution >= 4 is 16.6 Å². The van der Waals surface area contributed by atoms with Crippen molar-refractivity contribution in [2.45, 2.75) is 52.2 Å². The number of fused-ring (bicyclic) bond motifs is 2. The summed E-state index contributed by atoms with van der Waals surface area (Å²) in [6.45, 7) is 10.4. The molecule has 1 aromatic heterocycles. The van der Waals surface area contributed by atoms with Crippen molar-refractivity contribution in [3.63, 3.8) is 0 Å². The molecule has 5 rings (SSSR count). The second-order valence-corrected chi connectivity index (χ2v) is 9.99. The van der Waals surface area contributed by atoms with Gasteiger partial charge in [-0.2, -0.15) is 0 Å². The number of hydrogen-bond donors (Lipinski definition) is 4. The number of anilines is 1. The maximum atomic E-state index is 11.2. The predicted octanol–water partition coefficient (Wildman–Crippen LogP) is 6.23. The van der Waals surface area contributed by atoms with Gasteiger partial charge in [0.2, 0.25) is 0 Å². The zero-order valence-electron chi connectivity index (χ0n) is 20.2. The Hall–Kier alpha value is -3.68.